The van der Waals surface area contributed by atoms with Crippen LogP contribution in [-0.2, 0) is 15.6 Å². The summed E-state index contributed by atoms with van der Waals surface area (Å²) in [6.45, 7) is 4.62. The summed E-state index contributed by atoms with van der Waals surface area (Å²) in [5, 5.41) is 4.12. The number of amides is 1. The minimum Gasteiger partial charge on any atom is -0.353 e. The average Bonchev–Trinajstić information content (AvgIpc) is 2.12. The van der Waals surface area contributed by atoms with Gasteiger partial charge in [-0.25, -0.2) is 0 Å². The second-order valence-corrected chi connectivity index (χ2v) is 4.12. The predicted molar refractivity (Wildman–Crippen MR) is 55.7 cm³/mol. The lowest BCUT2D eigenvalue weighted by Crippen LogP contribution is -2.21. The molecule has 76 valence electrons. The number of carbonyl (C=O) groups is 1. The van der Waals surface area contributed by atoms with E-state index in [-0.39, 0.29) is 5.91 Å². The van der Waals surface area contributed by atoms with Crippen LogP contribution in [0.2, 0.25) is 0 Å². The molecule has 1 N–H and O–H groups in total. The molecule has 0 radical (unpaired) electrons. The summed E-state index contributed by atoms with van der Waals surface area (Å²) in [4.78, 5) is 11.0. The lowest BCUT2D eigenvalue weighted by molar-refractivity contribution is -0.116. The Kier molecular flexibility index (Phi) is 7.59. The number of carbonyl (C=O) groups excluding carboxylic acids is 1. The van der Waals surface area contributed by atoms with Gasteiger partial charge in [-0.05, 0) is 12.8 Å². The smallest absolute Gasteiger partial charge is 0.244 e. The van der Waals surface area contributed by atoms with Gasteiger partial charge in [0.15, 0.2) is 0 Å². The Morgan fingerprint density at radius 2 is 2.08 bits per heavy atom. The molecule has 0 rings (SSSR count). The number of nitrogens with one attached hydrogen (secondary N) is 1. The van der Waals surface area contributed by atoms with Crippen LogP contribution in [0.5, 0.6) is 0 Å². The largest absolute Gasteiger partial charge is 0.353 e. The van der Waals surface area contributed by atoms with Gasteiger partial charge in [0.25, 0.3) is 0 Å². The summed E-state index contributed by atoms with van der Waals surface area (Å²) < 4.78 is 11.1. The van der Waals surface area contributed by atoms with Crippen LogP contribution in [0.1, 0.15) is 26.7 Å². The highest BCUT2D eigenvalue weighted by Gasteiger charge is 1.94. The van der Waals surface area contributed by atoms with Gasteiger partial charge in [-0.3, -0.25) is 9.00 Å². The Labute approximate surface area is 82.1 Å². The summed E-state index contributed by atoms with van der Waals surface area (Å²) in [6.07, 6.45) is 3.13. The van der Waals surface area contributed by atoms with Crippen molar-refractivity contribution in [3.63, 3.8) is 0 Å². The van der Waals surface area contributed by atoms with E-state index in [0.29, 0.717) is 12.3 Å². The maximum atomic E-state index is 11.1. The molecule has 13 heavy (non-hydrogen) atoms. The van der Waals surface area contributed by atoms with E-state index in [1.165, 1.54) is 11.5 Å². The van der Waals surface area contributed by atoms with E-state index in [0.717, 1.165) is 12.8 Å². The first-order valence-corrected chi connectivity index (χ1v) is 5.92. The number of rotatable bonds is 6. The highest BCUT2D eigenvalue weighted by Crippen LogP contribution is 1.88. The van der Waals surface area contributed by atoms with Crippen molar-refractivity contribution in [3.8, 4) is 0 Å². The Morgan fingerprint density at radius 3 is 2.62 bits per heavy atom. The number of hydrogen-bond donors (Lipinski definition) is 1. The van der Waals surface area contributed by atoms with Gasteiger partial charge in [0, 0.05) is 34.6 Å². The molecule has 1 atom stereocenters. The Hall–Kier alpha value is -0.640. The first-order valence-electron chi connectivity index (χ1n) is 4.53. The van der Waals surface area contributed by atoms with Crippen LogP contribution < -0.4 is 5.32 Å². The Morgan fingerprint density at radius 1 is 1.38 bits per heavy atom. The van der Waals surface area contributed by atoms with Crippen LogP contribution >= 0.6 is 0 Å². The van der Waals surface area contributed by atoms with Gasteiger partial charge >= 0.3 is 0 Å². The third-order valence-electron chi connectivity index (χ3n) is 1.33. The summed E-state index contributed by atoms with van der Waals surface area (Å²) in [6, 6.07) is 0. The van der Waals surface area contributed by atoms with E-state index in [4.69, 9.17) is 0 Å². The quantitative estimate of drug-likeness (QED) is 0.659. The lowest BCUT2D eigenvalue weighted by Gasteiger charge is -1.96. The van der Waals surface area contributed by atoms with Gasteiger partial charge in [-0.15, -0.1) is 0 Å². The van der Waals surface area contributed by atoms with E-state index in [1.54, 1.807) is 0 Å². The lowest BCUT2D eigenvalue weighted by atomic mass is 10.4. The first-order chi connectivity index (χ1) is 6.20. The van der Waals surface area contributed by atoms with Crippen LogP contribution in [-0.4, -0.2) is 22.4 Å². The van der Waals surface area contributed by atoms with Crippen LogP contribution in [0.15, 0.2) is 11.5 Å². The van der Waals surface area contributed by atoms with Crippen molar-refractivity contribution in [1.29, 1.82) is 0 Å². The second-order valence-electron chi connectivity index (χ2n) is 2.68. The van der Waals surface area contributed by atoms with Crippen molar-refractivity contribution in [2.24, 2.45) is 0 Å². The van der Waals surface area contributed by atoms with E-state index < -0.39 is 10.8 Å². The summed E-state index contributed by atoms with van der Waals surface area (Å²) in [5.74, 6) is 0.462. The van der Waals surface area contributed by atoms with E-state index in [1.807, 2.05) is 13.8 Å². The minimum absolute atomic E-state index is 0.161. The highest BCUT2D eigenvalue weighted by atomic mass is 32.2. The van der Waals surface area contributed by atoms with E-state index >= 15 is 0 Å². The normalized spacial score (nSPS) is 13.1. The van der Waals surface area contributed by atoms with Crippen molar-refractivity contribution in [3.05, 3.63) is 11.5 Å². The molecule has 0 aromatic rings. The molecular formula is C9H17NO2S. The van der Waals surface area contributed by atoms with Crippen molar-refractivity contribution in [2.75, 3.05) is 12.3 Å². The minimum atomic E-state index is -0.988. The van der Waals surface area contributed by atoms with Gasteiger partial charge in [0.05, 0.1) is 0 Å². The summed E-state index contributed by atoms with van der Waals surface area (Å²) in [7, 11) is -0.988. The molecule has 1 amide bonds. The molecule has 0 aliphatic heterocycles. The molecule has 0 aliphatic carbocycles. The molecular weight excluding hydrogens is 186 g/mol. The van der Waals surface area contributed by atoms with Gasteiger partial charge in [0.1, 0.15) is 0 Å². The topological polar surface area (TPSA) is 46.2 Å². The zero-order chi connectivity index (χ0) is 10.1. The fraction of sp³-hybridized carbons (Fsp3) is 0.667. The maximum Gasteiger partial charge on any atom is 0.244 e. The monoisotopic (exact) mass is 203 g/mol. The third kappa shape index (κ3) is 7.71. The Balaban J connectivity index is 3.69. The standard InChI is InChI=1S/C9H17NO2S/c1-3-6-10-9(11)5-8-13(12)7-4-2/h5,8H,3-4,6-7H2,1-2H3,(H,10,11)/b8-5+. The fourth-order valence-electron chi connectivity index (χ4n) is 0.714. The predicted octanol–water partition coefficient (Wildman–Crippen LogP) is 1.18. The molecule has 0 heterocycles. The maximum absolute atomic E-state index is 11.1. The molecule has 0 saturated heterocycles. The van der Waals surface area contributed by atoms with Crippen LogP contribution in [0.25, 0.3) is 0 Å². The van der Waals surface area contributed by atoms with Crippen LogP contribution in [0, 0.1) is 0 Å². The Bertz CT molecular complexity index is 202. The van der Waals surface area contributed by atoms with E-state index in [2.05, 4.69) is 5.32 Å². The van der Waals surface area contributed by atoms with Gasteiger partial charge < -0.3 is 5.32 Å². The summed E-state index contributed by atoms with van der Waals surface area (Å²) in [5.41, 5.74) is 0. The molecule has 0 aliphatic rings. The molecule has 0 aromatic heterocycles. The van der Waals surface area contributed by atoms with Gasteiger partial charge in [-0.2, -0.15) is 0 Å². The van der Waals surface area contributed by atoms with Crippen LogP contribution in [0.4, 0.5) is 0 Å². The molecule has 3 nitrogen and oxygen atoms in total. The molecule has 1 unspecified atom stereocenters. The van der Waals surface area contributed by atoms with Gasteiger partial charge in [0.2, 0.25) is 5.91 Å². The van der Waals surface area contributed by atoms with Crippen molar-refractivity contribution < 1.29 is 9.00 Å². The molecule has 0 spiro atoms. The van der Waals surface area contributed by atoms with Crippen molar-refractivity contribution >= 4 is 16.7 Å². The third-order valence-corrected chi connectivity index (χ3v) is 2.58. The van der Waals surface area contributed by atoms with Crippen molar-refractivity contribution in [1.82, 2.24) is 5.32 Å². The molecule has 4 heteroatoms. The van der Waals surface area contributed by atoms with Gasteiger partial charge in [-0.1, -0.05) is 13.8 Å². The zero-order valence-corrected chi connectivity index (χ0v) is 9.02. The molecule has 0 bridgehead atoms. The SMILES string of the molecule is CCCNC(=O)/C=C/S(=O)CCC. The summed E-state index contributed by atoms with van der Waals surface area (Å²) >= 11 is 0. The molecule has 0 fully saturated rings. The zero-order valence-electron chi connectivity index (χ0n) is 8.21. The highest BCUT2D eigenvalue weighted by molar-refractivity contribution is 7.87. The molecule has 0 aromatic carbocycles. The second kappa shape index (κ2) is 7.98. The molecule has 0 saturated carbocycles. The van der Waals surface area contributed by atoms with Crippen molar-refractivity contribution in [2.45, 2.75) is 26.7 Å². The number of hydrogen-bond acceptors (Lipinski definition) is 2. The first kappa shape index (κ1) is 12.4. The average molecular weight is 203 g/mol. The van der Waals surface area contributed by atoms with Crippen LogP contribution in [0.3, 0.4) is 0 Å². The fourth-order valence-corrected chi connectivity index (χ4v) is 1.53. The van der Waals surface area contributed by atoms with E-state index in [9.17, 15) is 9.00 Å².